The highest BCUT2D eigenvalue weighted by Crippen LogP contribution is 2.33. The fraction of sp³-hybridized carbons (Fsp3) is 0.190. The van der Waals surface area contributed by atoms with Crippen LogP contribution in [0.3, 0.4) is 0 Å². The van der Waals surface area contributed by atoms with Crippen LogP contribution in [0.5, 0.6) is 0 Å². The fourth-order valence-corrected chi connectivity index (χ4v) is 3.93. The van der Waals surface area contributed by atoms with Gasteiger partial charge in [-0.2, -0.15) is 0 Å². The van der Waals surface area contributed by atoms with E-state index in [1.807, 2.05) is 24.3 Å². The van der Waals surface area contributed by atoms with Crippen molar-refractivity contribution in [1.29, 1.82) is 0 Å². The molecule has 8 heteroatoms. The third-order valence-electron chi connectivity index (χ3n) is 4.13. The predicted octanol–water partition coefficient (Wildman–Crippen LogP) is 4.50. The Kier molecular flexibility index (Phi) is 6.56. The van der Waals surface area contributed by atoms with E-state index in [4.69, 9.17) is 14.4 Å². The molecule has 0 aliphatic rings. The van der Waals surface area contributed by atoms with E-state index in [1.165, 1.54) is 37.7 Å². The molecule has 3 aromatic rings. The summed E-state index contributed by atoms with van der Waals surface area (Å²) >= 11 is 1.38. The van der Waals surface area contributed by atoms with Gasteiger partial charge in [0.15, 0.2) is 0 Å². The lowest BCUT2D eigenvalue weighted by Gasteiger charge is -2.06. The van der Waals surface area contributed by atoms with Crippen molar-refractivity contribution in [2.75, 3.05) is 14.2 Å². The summed E-state index contributed by atoms with van der Waals surface area (Å²) in [4.78, 5) is 23.2. The SMILES string of the molecule is CON=C(C(=O)OC)c1sc2ccccc2c1CON=C(C)c1cccc(F)c1. The Balaban J connectivity index is 1.95. The molecule has 150 valence electrons. The average molecular weight is 414 g/mol. The maximum Gasteiger partial charge on any atom is 0.361 e. The first kappa shape index (κ1) is 20.5. The van der Waals surface area contributed by atoms with Crippen molar-refractivity contribution in [3.63, 3.8) is 0 Å². The monoisotopic (exact) mass is 414 g/mol. The molecule has 0 aliphatic heterocycles. The Morgan fingerprint density at radius 3 is 2.62 bits per heavy atom. The van der Waals surface area contributed by atoms with E-state index in [-0.39, 0.29) is 18.1 Å². The van der Waals surface area contributed by atoms with Gasteiger partial charge in [0.05, 0.1) is 17.7 Å². The highest BCUT2D eigenvalue weighted by atomic mass is 32.1. The minimum atomic E-state index is -0.612. The quantitative estimate of drug-likeness (QED) is 0.324. The Hall–Kier alpha value is -3.26. The number of methoxy groups -OCH3 is 1. The highest BCUT2D eigenvalue weighted by Gasteiger charge is 2.24. The zero-order valence-corrected chi connectivity index (χ0v) is 17.0. The van der Waals surface area contributed by atoms with E-state index >= 15 is 0 Å². The predicted molar refractivity (Wildman–Crippen MR) is 111 cm³/mol. The molecule has 3 rings (SSSR count). The normalized spacial score (nSPS) is 12.1. The lowest BCUT2D eigenvalue weighted by molar-refractivity contribution is -0.132. The largest absolute Gasteiger partial charge is 0.464 e. The van der Waals surface area contributed by atoms with Gasteiger partial charge in [0.2, 0.25) is 5.71 Å². The molecule has 0 radical (unpaired) electrons. The van der Waals surface area contributed by atoms with Gasteiger partial charge in [-0.15, -0.1) is 11.3 Å². The summed E-state index contributed by atoms with van der Waals surface area (Å²) in [6.45, 7) is 1.82. The van der Waals surface area contributed by atoms with Crippen LogP contribution >= 0.6 is 11.3 Å². The number of hydrogen-bond acceptors (Lipinski definition) is 7. The lowest BCUT2D eigenvalue weighted by atomic mass is 10.1. The number of fused-ring (bicyclic) bond motifs is 1. The molecule has 0 spiro atoms. The number of halogens is 1. The molecular weight excluding hydrogens is 395 g/mol. The van der Waals surface area contributed by atoms with E-state index < -0.39 is 5.97 Å². The second kappa shape index (κ2) is 9.29. The third-order valence-corrected chi connectivity index (χ3v) is 5.35. The van der Waals surface area contributed by atoms with Gasteiger partial charge in [-0.25, -0.2) is 9.18 Å². The first-order valence-electron chi connectivity index (χ1n) is 8.68. The average Bonchev–Trinajstić information content (AvgIpc) is 3.09. The molecule has 0 atom stereocenters. The number of hydrogen-bond donors (Lipinski definition) is 0. The van der Waals surface area contributed by atoms with E-state index in [2.05, 4.69) is 10.3 Å². The van der Waals surface area contributed by atoms with Crippen LogP contribution in [0.4, 0.5) is 4.39 Å². The molecule has 0 fully saturated rings. The van der Waals surface area contributed by atoms with Crippen LogP contribution in [0.15, 0.2) is 58.8 Å². The Bertz CT molecular complexity index is 1090. The van der Waals surface area contributed by atoms with Gasteiger partial charge in [-0.1, -0.05) is 40.6 Å². The summed E-state index contributed by atoms with van der Waals surface area (Å²) in [6, 6.07) is 13.8. The molecule has 0 N–H and O–H groups in total. The van der Waals surface area contributed by atoms with Crippen molar-refractivity contribution in [2.45, 2.75) is 13.5 Å². The van der Waals surface area contributed by atoms with Crippen molar-refractivity contribution in [3.05, 3.63) is 70.4 Å². The van der Waals surface area contributed by atoms with Gasteiger partial charge in [-0.05, 0) is 30.5 Å². The smallest absolute Gasteiger partial charge is 0.361 e. The molecule has 0 unspecified atom stereocenters. The van der Waals surface area contributed by atoms with Crippen LogP contribution in [-0.2, 0) is 25.8 Å². The summed E-state index contributed by atoms with van der Waals surface area (Å²) in [6.07, 6.45) is 0. The van der Waals surface area contributed by atoms with Crippen LogP contribution in [0.25, 0.3) is 10.1 Å². The first-order chi connectivity index (χ1) is 14.0. The first-order valence-corrected chi connectivity index (χ1v) is 9.49. The van der Waals surface area contributed by atoms with Gasteiger partial charge >= 0.3 is 5.97 Å². The summed E-state index contributed by atoms with van der Waals surface area (Å²) in [5.74, 6) is -0.958. The maximum atomic E-state index is 13.4. The van der Waals surface area contributed by atoms with Crippen molar-refractivity contribution >= 4 is 38.8 Å². The molecule has 6 nitrogen and oxygen atoms in total. The van der Waals surface area contributed by atoms with Gasteiger partial charge in [0.1, 0.15) is 19.5 Å². The topological polar surface area (TPSA) is 69.5 Å². The molecule has 0 saturated carbocycles. The van der Waals surface area contributed by atoms with Gasteiger partial charge in [0.25, 0.3) is 0 Å². The Labute approximate surface area is 171 Å². The lowest BCUT2D eigenvalue weighted by Crippen LogP contribution is -2.18. The van der Waals surface area contributed by atoms with E-state index in [0.29, 0.717) is 16.2 Å². The summed E-state index contributed by atoms with van der Waals surface area (Å²) in [5.41, 5.74) is 1.95. The maximum absolute atomic E-state index is 13.4. The van der Waals surface area contributed by atoms with Crippen molar-refractivity contribution in [3.8, 4) is 0 Å². The molecule has 0 aliphatic carbocycles. The molecule has 1 heterocycles. The zero-order chi connectivity index (χ0) is 20.8. The van der Waals surface area contributed by atoms with Gasteiger partial charge in [-0.3, -0.25) is 0 Å². The number of benzene rings is 2. The van der Waals surface area contributed by atoms with E-state index in [9.17, 15) is 9.18 Å². The number of carbonyl (C=O) groups is 1. The zero-order valence-electron chi connectivity index (χ0n) is 16.1. The number of rotatable bonds is 7. The number of carbonyl (C=O) groups excluding carboxylic acids is 1. The van der Waals surface area contributed by atoms with Crippen molar-refractivity contribution in [1.82, 2.24) is 0 Å². The van der Waals surface area contributed by atoms with Crippen molar-refractivity contribution in [2.24, 2.45) is 10.3 Å². The molecule has 0 amide bonds. The summed E-state index contributed by atoms with van der Waals surface area (Å²) in [5, 5.41) is 8.85. The molecule has 0 saturated heterocycles. The molecular formula is C21H19FN2O4S. The molecule has 1 aromatic heterocycles. The standard InChI is InChI=1S/C21H19FN2O4S/c1-13(14-7-6-8-15(22)11-14)23-28-12-17-16-9-4-5-10-18(16)29-20(17)19(24-27-3)21(25)26-2/h4-11H,12H2,1-3H3. The number of oxime groups is 2. The molecule has 0 bridgehead atoms. The van der Waals surface area contributed by atoms with E-state index in [1.54, 1.807) is 19.1 Å². The van der Waals surface area contributed by atoms with Gasteiger partial charge in [0, 0.05) is 15.8 Å². The van der Waals surface area contributed by atoms with Crippen LogP contribution in [0.2, 0.25) is 0 Å². The number of nitrogens with zero attached hydrogens (tertiary/aromatic N) is 2. The fourth-order valence-electron chi connectivity index (χ4n) is 2.75. The Morgan fingerprint density at radius 1 is 1.10 bits per heavy atom. The summed E-state index contributed by atoms with van der Waals surface area (Å²) < 4.78 is 19.2. The third kappa shape index (κ3) is 4.60. The van der Waals surface area contributed by atoms with Crippen LogP contribution in [-0.4, -0.2) is 31.6 Å². The highest BCUT2D eigenvalue weighted by molar-refractivity contribution is 7.21. The van der Waals surface area contributed by atoms with Crippen molar-refractivity contribution < 1.29 is 23.6 Å². The number of ether oxygens (including phenoxy) is 1. The number of esters is 1. The minimum Gasteiger partial charge on any atom is -0.464 e. The van der Waals surface area contributed by atoms with Crippen LogP contribution < -0.4 is 0 Å². The second-order valence-corrected chi connectivity index (χ2v) is 7.03. The second-order valence-electron chi connectivity index (χ2n) is 5.98. The van der Waals surface area contributed by atoms with Crippen LogP contribution in [0, 0.1) is 5.82 Å². The summed E-state index contributed by atoms with van der Waals surface area (Å²) in [7, 11) is 2.64. The van der Waals surface area contributed by atoms with Gasteiger partial charge < -0.3 is 14.4 Å². The molecule has 2 aromatic carbocycles. The van der Waals surface area contributed by atoms with E-state index in [0.717, 1.165) is 15.6 Å². The van der Waals surface area contributed by atoms with Crippen LogP contribution in [0.1, 0.15) is 22.9 Å². The Morgan fingerprint density at radius 2 is 1.90 bits per heavy atom. The molecule has 29 heavy (non-hydrogen) atoms. The minimum absolute atomic E-state index is 0.0561. The number of thiophene rings is 1.